The van der Waals surface area contributed by atoms with Crippen molar-refractivity contribution in [3.05, 3.63) is 0 Å². The van der Waals surface area contributed by atoms with Gasteiger partial charge < -0.3 is 21.5 Å². The zero-order valence-electron chi connectivity index (χ0n) is 6.80. The lowest BCUT2D eigenvalue weighted by molar-refractivity contribution is 0.143. The molecule has 0 aromatic carbocycles. The molecule has 0 aromatic heterocycles. The van der Waals surface area contributed by atoms with Gasteiger partial charge in [-0.2, -0.15) is 0 Å². The third-order valence-electron chi connectivity index (χ3n) is 1.06. The van der Waals surface area contributed by atoms with Crippen LogP contribution in [0.3, 0.4) is 0 Å². The van der Waals surface area contributed by atoms with Crippen LogP contribution in [0.5, 0.6) is 0 Å². The van der Waals surface area contributed by atoms with Gasteiger partial charge in [0.05, 0.1) is 19.0 Å². The van der Waals surface area contributed by atoms with Crippen LogP contribution >= 0.6 is 0 Å². The first kappa shape index (κ1) is 10.7. The van der Waals surface area contributed by atoms with Crippen LogP contribution in [0, 0.1) is 5.41 Å². The maximum atomic E-state index is 10.1. The van der Waals surface area contributed by atoms with Gasteiger partial charge in [-0.3, -0.25) is 5.41 Å². The average Bonchev–Trinajstić information content (AvgIpc) is 1.95. The molecule has 0 fully saturated rings. The molecule has 0 aliphatic rings. The summed E-state index contributed by atoms with van der Waals surface area (Å²) >= 11 is 0. The monoisotopic (exact) mass is 174 g/mol. The van der Waals surface area contributed by atoms with Crippen molar-refractivity contribution in [1.82, 2.24) is 5.32 Å². The smallest absolute Gasteiger partial charge is 0.312 e. The van der Waals surface area contributed by atoms with Crippen molar-refractivity contribution < 1.29 is 9.53 Å². The van der Waals surface area contributed by atoms with Crippen LogP contribution in [0.25, 0.3) is 0 Å². The number of nitrogens with two attached hydrogens (primary N) is 2. The minimum atomic E-state index is -0.565. The summed E-state index contributed by atoms with van der Waals surface area (Å²) in [6.07, 6.45) is 0.413. The van der Waals surface area contributed by atoms with Gasteiger partial charge in [0.1, 0.15) is 0 Å². The Kier molecular flexibility index (Phi) is 5.72. The van der Waals surface area contributed by atoms with E-state index in [9.17, 15) is 4.79 Å². The van der Waals surface area contributed by atoms with Gasteiger partial charge in [0, 0.05) is 13.0 Å². The Hall–Kier alpha value is -1.30. The number of ether oxygens (including phenoxy) is 1. The fourth-order valence-corrected chi connectivity index (χ4v) is 0.531. The molecule has 0 heterocycles. The molecular weight excluding hydrogens is 160 g/mol. The first-order valence-corrected chi connectivity index (χ1v) is 3.57. The summed E-state index contributed by atoms with van der Waals surface area (Å²) in [4.78, 5) is 10.1. The summed E-state index contributed by atoms with van der Waals surface area (Å²) < 4.78 is 5.00. The van der Waals surface area contributed by atoms with Crippen molar-refractivity contribution in [1.29, 1.82) is 5.41 Å². The molecule has 0 atom stereocenters. The van der Waals surface area contributed by atoms with E-state index in [-0.39, 0.29) is 5.84 Å². The number of carbonyl (C=O) groups excluding carboxylic acids is 1. The minimum absolute atomic E-state index is 0.0952. The largest absolute Gasteiger partial charge is 0.388 e. The fourth-order valence-electron chi connectivity index (χ4n) is 0.531. The van der Waals surface area contributed by atoms with Gasteiger partial charge >= 0.3 is 6.03 Å². The maximum absolute atomic E-state index is 10.1. The molecule has 0 rings (SSSR count). The molecule has 0 saturated heterocycles. The zero-order chi connectivity index (χ0) is 9.40. The Morgan fingerprint density at radius 2 is 2.08 bits per heavy atom. The second-order valence-electron chi connectivity index (χ2n) is 2.18. The van der Waals surface area contributed by atoms with Gasteiger partial charge in [-0.25, -0.2) is 4.79 Å². The topological polar surface area (TPSA) is 114 Å². The van der Waals surface area contributed by atoms with E-state index < -0.39 is 6.03 Å². The Balaban J connectivity index is 3.01. The van der Waals surface area contributed by atoms with Gasteiger partial charge in [-0.1, -0.05) is 0 Å². The minimum Gasteiger partial charge on any atom is -0.388 e. The first-order valence-electron chi connectivity index (χ1n) is 3.57. The van der Waals surface area contributed by atoms with Crippen molar-refractivity contribution in [3.8, 4) is 0 Å². The molecule has 0 saturated carbocycles. The highest BCUT2D eigenvalue weighted by molar-refractivity contribution is 5.76. The van der Waals surface area contributed by atoms with E-state index in [1.807, 2.05) is 0 Å². The molecule has 6 heteroatoms. The highest BCUT2D eigenvalue weighted by Gasteiger charge is 1.92. The first-order chi connectivity index (χ1) is 5.63. The predicted molar refractivity (Wildman–Crippen MR) is 44.9 cm³/mol. The van der Waals surface area contributed by atoms with Crippen LogP contribution in [0.2, 0.25) is 0 Å². The summed E-state index contributed by atoms with van der Waals surface area (Å²) in [5, 5.41) is 9.21. The van der Waals surface area contributed by atoms with Crippen LogP contribution < -0.4 is 16.8 Å². The van der Waals surface area contributed by atoms with Gasteiger partial charge in [0.25, 0.3) is 0 Å². The molecule has 0 unspecified atom stereocenters. The van der Waals surface area contributed by atoms with Crippen LogP contribution in [-0.2, 0) is 4.74 Å². The van der Waals surface area contributed by atoms with Gasteiger partial charge in [-0.05, 0) is 0 Å². The molecule has 0 spiro atoms. The van der Waals surface area contributed by atoms with E-state index in [0.717, 1.165) is 0 Å². The van der Waals surface area contributed by atoms with E-state index in [1.54, 1.807) is 0 Å². The number of carbonyl (C=O) groups is 1. The molecular formula is C6H14N4O2. The quantitative estimate of drug-likeness (QED) is 0.235. The van der Waals surface area contributed by atoms with E-state index in [0.29, 0.717) is 26.2 Å². The highest BCUT2D eigenvalue weighted by Crippen LogP contribution is 1.79. The number of primary amides is 1. The summed E-state index contributed by atoms with van der Waals surface area (Å²) in [6.45, 7) is 1.17. The lowest BCUT2D eigenvalue weighted by atomic mass is 10.4. The lowest BCUT2D eigenvalue weighted by Crippen LogP contribution is -2.32. The number of hydrogen-bond acceptors (Lipinski definition) is 3. The number of amidine groups is 1. The molecule has 12 heavy (non-hydrogen) atoms. The third-order valence-corrected chi connectivity index (χ3v) is 1.06. The number of amides is 2. The average molecular weight is 174 g/mol. The van der Waals surface area contributed by atoms with Crippen molar-refractivity contribution in [3.63, 3.8) is 0 Å². The Bertz CT molecular complexity index is 142. The number of nitrogens with one attached hydrogen (secondary N) is 2. The van der Waals surface area contributed by atoms with Crippen molar-refractivity contribution in [2.45, 2.75) is 6.42 Å². The standard InChI is InChI=1S/C6H14N4O2/c7-5(8)1-3-12-4-2-10-6(9)11/h1-4H2,(H3,7,8)(H3,9,10,11). The van der Waals surface area contributed by atoms with Gasteiger partial charge in [0.15, 0.2) is 0 Å². The molecule has 70 valence electrons. The highest BCUT2D eigenvalue weighted by atomic mass is 16.5. The van der Waals surface area contributed by atoms with Crippen LogP contribution in [0.1, 0.15) is 6.42 Å². The summed E-state index contributed by atoms with van der Waals surface area (Å²) in [5.74, 6) is 0.0952. The molecule has 2 amide bonds. The van der Waals surface area contributed by atoms with Gasteiger partial charge in [0.2, 0.25) is 0 Å². The molecule has 6 N–H and O–H groups in total. The Morgan fingerprint density at radius 3 is 2.58 bits per heavy atom. The molecule has 0 aliphatic carbocycles. The van der Waals surface area contributed by atoms with Gasteiger partial charge in [-0.15, -0.1) is 0 Å². The summed E-state index contributed by atoms with van der Waals surface area (Å²) in [7, 11) is 0. The molecule has 6 nitrogen and oxygen atoms in total. The summed E-state index contributed by atoms with van der Waals surface area (Å²) in [6, 6.07) is -0.565. The van der Waals surface area contributed by atoms with E-state index in [4.69, 9.17) is 21.6 Å². The van der Waals surface area contributed by atoms with Crippen molar-refractivity contribution in [2.24, 2.45) is 11.5 Å². The van der Waals surface area contributed by atoms with E-state index in [2.05, 4.69) is 5.32 Å². The predicted octanol–water partition coefficient (Wildman–Crippen LogP) is -1.00. The molecule has 0 aromatic rings. The SMILES string of the molecule is N=C(N)CCOCCNC(N)=O. The van der Waals surface area contributed by atoms with Crippen LogP contribution in [-0.4, -0.2) is 31.6 Å². The Morgan fingerprint density at radius 1 is 1.42 bits per heavy atom. The second-order valence-corrected chi connectivity index (χ2v) is 2.18. The van der Waals surface area contributed by atoms with E-state index in [1.165, 1.54) is 0 Å². The molecule has 0 radical (unpaired) electrons. The second kappa shape index (κ2) is 6.41. The fraction of sp³-hybridized carbons (Fsp3) is 0.667. The number of rotatable bonds is 6. The normalized spacial score (nSPS) is 9.33. The molecule has 0 aliphatic heterocycles. The van der Waals surface area contributed by atoms with Crippen molar-refractivity contribution >= 4 is 11.9 Å². The third kappa shape index (κ3) is 8.70. The van der Waals surface area contributed by atoms with Crippen LogP contribution in [0.4, 0.5) is 4.79 Å². The van der Waals surface area contributed by atoms with Crippen molar-refractivity contribution in [2.75, 3.05) is 19.8 Å². The summed E-state index contributed by atoms with van der Waals surface area (Å²) in [5.41, 5.74) is 9.86. The number of urea groups is 1. The van der Waals surface area contributed by atoms with E-state index >= 15 is 0 Å². The Labute approximate surface area is 70.8 Å². The zero-order valence-corrected chi connectivity index (χ0v) is 6.80. The molecule has 0 bridgehead atoms. The lowest BCUT2D eigenvalue weighted by Gasteiger charge is -2.03. The van der Waals surface area contributed by atoms with Crippen LogP contribution in [0.15, 0.2) is 0 Å². The maximum Gasteiger partial charge on any atom is 0.312 e. The number of hydrogen-bond donors (Lipinski definition) is 4.